The van der Waals surface area contributed by atoms with Crippen molar-refractivity contribution < 1.29 is 19.1 Å². The summed E-state index contributed by atoms with van der Waals surface area (Å²) in [6.45, 7) is 9.25. The number of ether oxygens (including phenoxy) is 1. The molecule has 0 aromatic heterocycles. The molecule has 3 amide bonds. The van der Waals surface area contributed by atoms with Gasteiger partial charge in [-0.1, -0.05) is 133 Å². The van der Waals surface area contributed by atoms with Gasteiger partial charge in [0.05, 0.1) is 21.8 Å². The van der Waals surface area contributed by atoms with E-state index >= 15 is 0 Å². The van der Waals surface area contributed by atoms with Crippen molar-refractivity contribution >= 4 is 63.9 Å². The third kappa shape index (κ3) is 8.54. The van der Waals surface area contributed by atoms with Gasteiger partial charge in [-0.2, -0.15) is 4.99 Å². The Labute approximate surface area is 282 Å². The number of benzene rings is 3. The van der Waals surface area contributed by atoms with Crippen molar-refractivity contribution in [2.24, 2.45) is 4.99 Å². The van der Waals surface area contributed by atoms with Crippen molar-refractivity contribution in [1.82, 2.24) is 10.2 Å². The molecule has 1 aliphatic rings. The molecule has 0 atom stereocenters. The maximum Gasteiger partial charge on any atom is 0.285 e. The molecule has 3 aromatic carbocycles. The number of carbonyl (C=O) groups excluding carboxylic acids is 3. The second-order valence-corrected chi connectivity index (χ2v) is 11.5. The fourth-order valence-electron chi connectivity index (χ4n) is 4.50. The number of nitrogens with one attached hydrogen (secondary N) is 1. The second kappa shape index (κ2) is 16.6. The van der Waals surface area contributed by atoms with E-state index in [0.717, 1.165) is 22.9 Å². The number of allylic oxidation sites excluding steroid dienone is 4. The average molecular weight is 673 g/mol. The van der Waals surface area contributed by atoms with Gasteiger partial charge in [0, 0.05) is 5.70 Å². The first-order valence-electron chi connectivity index (χ1n) is 14.2. The van der Waals surface area contributed by atoms with Crippen LogP contribution in [0.1, 0.15) is 29.7 Å². The Morgan fingerprint density at radius 1 is 1.02 bits per heavy atom. The molecule has 7 nitrogen and oxygen atoms in total. The average Bonchev–Trinajstić information content (AvgIpc) is 3.06. The van der Waals surface area contributed by atoms with E-state index in [1.54, 1.807) is 37.3 Å². The quantitative estimate of drug-likeness (QED) is 0.0914. The summed E-state index contributed by atoms with van der Waals surface area (Å²) in [6.07, 6.45) is 9.50. The molecule has 0 radical (unpaired) electrons. The number of amides is 3. The molecule has 0 bridgehead atoms. The van der Waals surface area contributed by atoms with Crippen LogP contribution in [0.3, 0.4) is 0 Å². The van der Waals surface area contributed by atoms with Crippen LogP contribution in [0.25, 0.3) is 6.08 Å². The first-order valence-corrected chi connectivity index (χ1v) is 15.9. The van der Waals surface area contributed by atoms with Gasteiger partial charge in [-0.25, -0.2) is 0 Å². The van der Waals surface area contributed by atoms with Gasteiger partial charge in [-0.3, -0.25) is 19.3 Å². The van der Waals surface area contributed by atoms with Gasteiger partial charge in [0.25, 0.3) is 11.8 Å². The fourth-order valence-corrected chi connectivity index (χ4v) is 5.92. The number of nitrogens with zero attached hydrogens (tertiary/aromatic N) is 2. The highest BCUT2D eigenvalue weighted by atomic mass is 35.5. The number of aliphatic imine (C=N–C) groups is 1. The van der Waals surface area contributed by atoms with Gasteiger partial charge in [0.15, 0.2) is 10.9 Å². The molecule has 1 aliphatic heterocycles. The Hall–Kier alpha value is -4.63. The third-order valence-corrected chi connectivity index (χ3v) is 8.09. The lowest BCUT2D eigenvalue weighted by molar-refractivity contribution is -0.126. The van der Waals surface area contributed by atoms with Gasteiger partial charge >= 0.3 is 0 Å². The van der Waals surface area contributed by atoms with Crippen LogP contribution in [0.5, 0.6) is 5.75 Å². The predicted molar refractivity (Wildman–Crippen MR) is 188 cm³/mol. The Bertz CT molecular complexity index is 1690. The monoisotopic (exact) mass is 671 g/mol. The zero-order valence-electron chi connectivity index (χ0n) is 25.0. The van der Waals surface area contributed by atoms with Crippen LogP contribution < -0.4 is 10.1 Å². The highest BCUT2D eigenvalue weighted by Crippen LogP contribution is 2.35. The van der Waals surface area contributed by atoms with E-state index in [-0.39, 0.29) is 44.8 Å². The number of hydrogen-bond donors (Lipinski definition) is 1. The normalized spacial score (nSPS) is 14.5. The van der Waals surface area contributed by atoms with E-state index in [1.165, 1.54) is 23.1 Å². The van der Waals surface area contributed by atoms with Gasteiger partial charge in [0.2, 0.25) is 5.91 Å². The van der Waals surface area contributed by atoms with E-state index < -0.39 is 17.9 Å². The van der Waals surface area contributed by atoms with Crippen LogP contribution in [0.15, 0.2) is 133 Å². The first kappa shape index (κ1) is 34.2. The summed E-state index contributed by atoms with van der Waals surface area (Å²) in [5.74, 6) is -1.55. The van der Waals surface area contributed by atoms with Crippen LogP contribution in [0, 0.1) is 0 Å². The molecule has 1 heterocycles. The molecule has 0 aliphatic carbocycles. The summed E-state index contributed by atoms with van der Waals surface area (Å²) >= 11 is 13.7. The zero-order chi connectivity index (χ0) is 33.1. The van der Waals surface area contributed by atoms with Gasteiger partial charge in [-0.15, -0.1) is 0 Å². The maximum absolute atomic E-state index is 13.9. The molecule has 0 fully saturated rings. The van der Waals surface area contributed by atoms with Crippen LogP contribution in [-0.4, -0.2) is 40.1 Å². The highest BCUT2D eigenvalue weighted by molar-refractivity contribution is 8.14. The smallest absolute Gasteiger partial charge is 0.285 e. The van der Waals surface area contributed by atoms with Crippen molar-refractivity contribution in [2.45, 2.75) is 13.0 Å². The van der Waals surface area contributed by atoms with Crippen LogP contribution in [-0.2, 0) is 14.4 Å². The zero-order valence-corrected chi connectivity index (χ0v) is 27.3. The van der Waals surface area contributed by atoms with Crippen LogP contribution >= 0.6 is 35.0 Å². The minimum Gasteiger partial charge on any atom is -0.486 e. The lowest BCUT2D eigenvalue weighted by Crippen LogP contribution is -2.42. The fraction of sp³-hybridized carbons (Fsp3) is 0.111. The summed E-state index contributed by atoms with van der Waals surface area (Å²) in [5.41, 5.74) is 2.45. The summed E-state index contributed by atoms with van der Waals surface area (Å²) in [7, 11) is 0. The molecule has 4 rings (SSSR count). The van der Waals surface area contributed by atoms with Gasteiger partial charge in [-0.05, 0) is 47.9 Å². The number of amidine groups is 1. The number of rotatable bonds is 12. The van der Waals surface area contributed by atoms with E-state index in [2.05, 4.69) is 23.5 Å². The van der Waals surface area contributed by atoms with E-state index in [1.807, 2.05) is 60.7 Å². The summed E-state index contributed by atoms with van der Waals surface area (Å²) < 4.78 is 5.51. The van der Waals surface area contributed by atoms with E-state index in [9.17, 15) is 14.4 Å². The third-order valence-electron chi connectivity index (χ3n) is 6.59. The van der Waals surface area contributed by atoms with E-state index in [4.69, 9.17) is 27.9 Å². The summed E-state index contributed by atoms with van der Waals surface area (Å²) in [5, 5.41) is 3.54. The summed E-state index contributed by atoms with van der Waals surface area (Å²) in [4.78, 5) is 46.1. The van der Waals surface area contributed by atoms with Crippen LogP contribution in [0.4, 0.5) is 0 Å². The number of carbonyl (C=O) groups is 3. The molecular formula is C36H31Cl2N3O4S. The highest BCUT2D eigenvalue weighted by Gasteiger charge is 2.35. The molecule has 10 heteroatoms. The lowest BCUT2D eigenvalue weighted by atomic mass is 9.99. The Morgan fingerprint density at radius 3 is 2.17 bits per heavy atom. The molecule has 1 N–H and O–H groups in total. The molecule has 0 saturated heterocycles. The largest absolute Gasteiger partial charge is 0.486 e. The van der Waals surface area contributed by atoms with Gasteiger partial charge < -0.3 is 10.1 Å². The van der Waals surface area contributed by atoms with Gasteiger partial charge in [0.1, 0.15) is 12.2 Å². The SMILES string of the molecule is C=C/C=C\C(=C/C)N1C(=O)/C(=C/c2cc(Cl)c(OCC=C)c(Cl)c2)C(=O)N=C1SCC(=O)NC(c1ccccc1)c1ccccc1. The Kier molecular flexibility index (Phi) is 12.4. The van der Waals surface area contributed by atoms with Crippen molar-refractivity contribution in [3.05, 3.63) is 154 Å². The molecule has 46 heavy (non-hydrogen) atoms. The molecular weight excluding hydrogens is 641 g/mol. The molecule has 3 aromatic rings. The summed E-state index contributed by atoms with van der Waals surface area (Å²) in [6, 6.07) is 21.9. The van der Waals surface area contributed by atoms with E-state index in [0.29, 0.717) is 11.3 Å². The number of thioether (sulfide) groups is 1. The topological polar surface area (TPSA) is 88.1 Å². The van der Waals surface area contributed by atoms with Crippen molar-refractivity contribution in [3.63, 3.8) is 0 Å². The molecule has 0 spiro atoms. The number of halogens is 2. The Morgan fingerprint density at radius 2 is 1.63 bits per heavy atom. The standard InChI is InChI=1S/C36H31Cl2N3O4S/c1-4-7-18-27(6-3)41-35(44)28(20-24-21-29(37)33(30(38)22-24)45-19-5-2)34(43)40-36(41)46-23-31(42)39-32(25-14-10-8-11-15-25)26-16-12-9-13-17-26/h4-18,20-22,32H,1-2,19,23H2,3H3,(H,39,42)/b18-7-,27-6+,28-20+. The Balaban J connectivity index is 1.63. The van der Waals surface area contributed by atoms with Crippen molar-refractivity contribution in [2.75, 3.05) is 12.4 Å². The minimum absolute atomic E-state index is 0.0596. The van der Waals surface area contributed by atoms with Crippen LogP contribution in [0.2, 0.25) is 10.0 Å². The molecule has 234 valence electrons. The molecule has 0 unspecified atom stereocenters. The first-order chi connectivity index (χ1) is 22.3. The predicted octanol–water partition coefficient (Wildman–Crippen LogP) is 7.95. The van der Waals surface area contributed by atoms with Crippen molar-refractivity contribution in [1.29, 1.82) is 0 Å². The van der Waals surface area contributed by atoms with Crippen molar-refractivity contribution in [3.8, 4) is 5.75 Å². The maximum atomic E-state index is 13.9. The minimum atomic E-state index is -0.766. The molecule has 0 saturated carbocycles. The second-order valence-electron chi connectivity index (χ2n) is 9.73. The lowest BCUT2D eigenvalue weighted by Gasteiger charge is -2.28. The number of hydrogen-bond acceptors (Lipinski definition) is 5.